The van der Waals surface area contributed by atoms with Crippen LogP contribution in [0.2, 0.25) is 0 Å². The Hall–Kier alpha value is -3.53. The van der Waals surface area contributed by atoms with Gasteiger partial charge in [-0.3, -0.25) is 32.8 Å². The molecule has 258 valence electrons. The number of nitrogens with one attached hydrogen (secondary N) is 2. The molecule has 2 aromatic rings. The number of hydrogen-bond donors (Lipinski definition) is 2. The monoisotopic (exact) mass is 672 g/mol. The van der Waals surface area contributed by atoms with Gasteiger partial charge >= 0.3 is 19.5 Å². The summed E-state index contributed by atoms with van der Waals surface area (Å²) in [6.07, 6.45) is 2.51. The van der Waals surface area contributed by atoms with Gasteiger partial charge in [-0.1, -0.05) is 39.7 Å². The number of hydrogen-bond acceptors (Lipinski definition) is 10. The highest BCUT2D eigenvalue weighted by atomic mass is 31.2. The molecule has 1 amide bonds. The molecule has 0 bridgehead atoms. The highest BCUT2D eigenvalue weighted by Crippen LogP contribution is 2.52. The zero-order valence-electron chi connectivity index (χ0n) is 29.0. The van der Waals surface area contributed by atoms with Crippen LogP contribution in [0, 0.1) is 22.7 Å². The fraction of sp³-hybridized carbons (Fsp3) is 0.543. The van der Waals surface area contributed by atoms with Crippen molar-refractivity contribution in [3.63, 3.8) is 0 Å². The summed E-state index contributed by atoms with van der Waals surface area (Å²) in [5.74, 6) is -1.11. The van der Waals surface area contributed by atoms with E-state index in [9.17, 15) is 23.7 Å². The van der Waals surface area contributed by atoms with Crippen molar-refractivity contribution in [3.8, 4) is 0 Å². The van der Waals surface area contributed by atoms with Gasteiger partial charge in [0.2, 0.25) is 13.6 Å². The maximum Gasteiger partial charge on any atom is 0.340 e. The van der Waals surface area contributed by atoms with Gasteiger partial charge in [-0.05, 0) is 89.8 Å². The van der Waals surface area contributed by atoms with Crippen molar-refractivity contribution in [2.45, 2.75) is 87.7 Å². The van der Waals surface area contributed by atoms with E-state index in [0.717, 1.165) is 19.3 Å². The molecule has 0 radical (unpaired) electrons. The zero-order valence-corrected chi connectivity index (χ0v) is 29.9. The van der Waals surface area contributed by atoms with E-state index in [0.29, 0.717) is 34.1 Å². The third-order valence-corrected chi connectivity index (χ3v) is 9.25. The SMILES string of the molecule is CC(C)CCCC(C)C(=O)c1ccc2c(c1)NC(=O)c1cc(CP(=O)(OCOC(=O)C(C)(C)C)OCOC(=O)C(C)(C)C)ccc1N2. The van der Waals surface area contributed by atoms with Crippen LogP contribution in [0.4, 0.5) is 17.1 Å². The first-order valence-corrected chi connectivity index (χ1v) is 17.6. The van der Waals surface area contributed by atoms with Crippen LogP contribution in [0.25, 0.3) is 0 Å². The minimum absolute atomic E-state index is 0.0203. The summed E-state index contributed by atoms with van der Waals surface area (Å²) >= 11 is 0. The number of carbonyl (C=O) groups excluding carboxylic acids is 4. The molecule has 3 rings (SSSR count). The molecule has 47 heavy (non-hydrogen) atoms. The van der Waals surface area contributed by atoms with Crippen LogP contribution in [0.5, 0.6) is 0 Å². The second-order valence-corrected chi connectivity index (χ2v) is 16.5. The van der Waals surface area contributed by atoms with Gasteiger partial charge in [0.15, 0.2) is 5.78 Å². The number of rotatable bonds is 14. The van der Waals surface area contributed by atoms with Crippen molar-refractivity contribution < 1.29 is 42.3 Å². The Morgan fingerprint density at radius 3 is 1.89 bits per heavy atom. The predicted molar refractivity (Wildman–Crippen MR) is 181 cm³/mol. The second-order valence-electron chi connectivity index (χ2n) is 14.4. The van der Waals surface area contributed by atoms with Crippen molar-refractivity contribution in [2.75, 3.05) is 24.2 Å². The zero-order chi connectivity index (χ0) is 35.2. The Morgan fingerprint density at radius 2 is 1.34 bits per heavy atom. The molecule has 2 N–H and O–H groups in total. The lowest BCUT2D eigenvalue weighted by Gasteiger charge is -2.22. The number of ketones is 1. The normalized spacial score (nSPS) is 13.9. The summed E-state index contributed by atoms with van der Waals surface area (Å²) in [6.45, 7) is 14.9. The average molecular weight is 673 g/mol. The molecule has 0 saturated carbocycles. The minimum Gasteiger partial charge on any atom is -0.438 e. The number of esters is 2. The van der Waals surface area contributed by atoms with E-state index in [-0.39, 0.29) is 23.4 Å². The number of ether oxygens (including phenoxy) is 2. The standard InChI is InChI=1S/C35H49N2O9P/c1-22(2)11-10-12-23(3)30(38)25-14-16-28-29(18-25)37-31(39)26-17-24(13-15-27(26)36-28)19-47(42,45-20-43-32(40)34(4,5)6)46-21-44-33(41)35(7,8)9/h13-18,22-23,36H,10-12,19-21H2,1-9H3,(H,37,39). The van der Waals surface area contributed by atoms with Crippen molar-refractivity contribution in [3.05, 3.63) is 53.1 Å². The van der Waals surface area contributed by atoms with Gasteiger partial charge in [0.1, 0.15) is 0 Å². The first kappa shape index (κ1) is 37.9. The number of amides is 1. The molecule has 0 aromatic heterocycles. The molecule has 0 saturated heterocycles. The molecule has 1 atom stereocenters. The van der Waals surface area contributed by atoms with E-state index in [2.05, 4.69) is 24.5 Å². The highest BCUT2D eigenvalue weighted by molar-refractivity contribution is 7.53. The van der Waals surface area contributed by atoms with E-state index in [1.807, 2.05) is 6.92 Å². The van der Waals surface area contributed by atoms with Crippen LogP contribution < -0.4 is 10.6 Å². The van der Waals surface area contributed by atoms with E-state index in [1.165, 1.54) is 0 Å². The molecule has 2 aromatic carbocycles. The summed E-state index contributed by atoms with van der Waals surface area (Å²) in [4.78, 5) is 51.0. The lowest BCUT2D eigenvalue weighted by atomic mass is 9.92. The first-order valence-electron chi connectivity index (χ1n) is 15.9. The molecular formula is C35H49N2O9P. The number of carbonyl (C=O) groups is 4. The lowest BCUT2D eigenvalue weighted by Crippen LogP contribution is -2.25. The summed E-state index contributed by atoms with van der Waals surface area (Å²) < 4.78 is 35.0. The molecule has 11 nitrogen and oxygen atoms in total. The van der Waals surface area contributed by atoms with E-state index in [1.54, 1.807) is 77.9 Å². The maximum atomic E-state index is 13.8. The smallest absolute Gasteiger partial charge is 0.340 e. The molecule has 0 aliphatic carbocycles. The maximum absolute atomic E-state index is 13.8. The number of anilines is 3. The van der Waals surface area contributed by atoms with Crippen molar-refractivity contribution in [2.24, 2.45) is 22.7 Å². The van der Waals surface area contributed by atoms with Gasteiger partial charge in [-0.25, -0.2) is 0 Å². The molecule has 12 heteroatoms. The molecule has 0 spiro atoms. The Balaban J connectivity index is 1.78. The second kappa shape index (κ2) is 15.6. The fourth-order valence-corrected chi connectivity index (χ4v) is 5.91. The Labute approximate surface area is 278 Å². The third-order valence-electron chi connectivity index (χ3n) is 7.50. The lowest BCUT2D eigenvalue weighted by molar-refractivity contribution is -0.162. The highest BCUT2D eigenvalue weighted by Gasteiger charge is 2.31. The topological polar surface area (TPSA) is 146 Å². The average Bonchev–Trinajstić information content (AvgIpc) is 3.10. The molecule has 0 fully saturated rings. The molecule has 1 aliphatic rings. The third kappa shape index (κ3) is 11.0. The fourth-order valence-electron chi connectivity index (χ4n) is 4.58. The van der Waals surface area contributed by atoms with Gasteiger partial charge in [-0.2, -0.15) is 0 Å². The van der Waals surface area contributed by atoms with Crippen LogP contribution in [0.1, 0.15) is 108 Å². The van der Waals surface area contributed by atoms with E-state index >= 15 is 0 Å². The van der Waals surface area contributed by atoms with Crippen molar-refractivity contribution in [1.29, 1.82) is 0 Å². The van der Waals surface area contributed by atoms with Gasteiger partial charge in [0.25, 0.3) is 5.91 Å². The summed E-state index contributed by atoms with van der Waals surface area (Å²) in [5, 5.41) is 6.13. The Bertz CT molecular complexity index is 1490. The number of Topliss-reactive ketones (excluding diaryl/α,β-unsaturated/α-hetero) is 1. The predicted octanol–water partition coefficient (Wildman–Crippen LogP) is 8.46. The Morgan fingerprint density at radius 1 is 0.766 bits per heavy atom. The number of benzene rings is 2. The molecule has 1 heterocycles. The van der Waals surface area contributed by atoms with E-state index < -0.39 is 49.9 Å². The van der Waals surface area contributed by atoms with Crippen molar-refractivity contribution >= 4 is 48.3 Å². The van der Waals surface area contributed by atoms with Crippen LogP contribution >= 0.6 is 7.60 Å². The number of fused-ring (bicyclic) bond motifs is 2. The van der Waals surface area contributed by atoms with Crippen LogP contribution in [0.3, 0.4) is 0 Å². The largest absolute Gasteiger partial charge is 0.438 e. The van der Waals surface area contributed by atoms with Crippen LogP contribution in [-0.4, -0.2) is 37.2 Å². The van der Waals surface area contributed by atoms with E-state index in [4.69, 9.17) is 18.5 Å². The van der Waals surface area contributed by atoms with Gasteiger partial charge in [0.05, 0.1) is 39.6 Å². The first-order chi connectivity index (χ1) is 21.8. The van der Waals surface area contributed by atoms with Gasteiger partial charge in [0, 0.05) is 11.5 Å². The minimum atomic E-state index is -4.07. The Kier molecular flexibility index (Phi) is 12.6. The quantitative estimate of drug-likeness (QED) is 0.0867. The molecule has 1 unspecified atom stereocenters. The molecule has 1 aliphatic heterocycles. The van der Waals surface area contributed by atoms with Crippen LogP contribution in [-0.2, 0) is 38.8 Å². The van der Waals surface area contributed by atoms with Gasteiger partial charge in [-0.15, -0.1) is 0 Å². The summed E-state index contributed by atoms with van der Waals surface area (Å²) in [5.41, 5.74) is 1.16. The van der Waals surface area contributed by atoms with Gasteiger partial charge < -0.3 is 20.1 Å². The summed E-state index contributed by atoms with van der Waals surface area (Å²) in [6, 6.07) is 10.1. The molecular weight excluding hydrogens is 623 g/mol. The van der Waals surface area contributed by atoms with Crippen molar-refractivity contribution in [1.82, 2.24) is 0 Å². The summed E-state index contributed by atoms with van der Waals surface area (Å²) in [7, 11) is -4.07. The van der Waals surface area contributed by atoms with Crippen LogP contribution in [0.15, 0.2) is 36.4 Å².